The molecule has 1 aliphatic rings. The molecule has 0 N–H and O–H groups in total. The van der Waals surface area contributed by atoms with Crippen LogP contribution in [0.15, 0.2) is 71.5 Å². The highest BCUT2D eigenvalue weighted by Crippen LogP contribution is 2.42. The van der Waals surface area contributed by atoms with Crippen LogP contribution in [0.2, 0.25) is 0 Å². The number of rotatable bonds is 3. The minimum atomic E-state index is -0.140. The van der Waals surface area contributed by atoms with E-state index in [-0.39, 0.29) is 11.7 Å². The van der Waals surface area contributed by atoms with Crippen molar-refractivity contribution < 1.29 is 4.42 Å². The summed E-state index contributed by atoms with van der Waals surface area (Å²) in [5.41, 5.74) is 5.40. The molecule has 0 saturated carbocycles. The second kappa shape index (κ2) is 6.18. The number of anilines is 1. The summed E-state index contributed by atoms with van der Waals surface area (Å²) >= 11 is 0. The number of benzene rings is 2. The lowest BCUT2D eigenvalue weighted by Crippen LogP contribution is -2.47. The lowest BCUT2D eigenvalue weighted by molar-refractivity contribution is 0.145. The summed E-state index contributed by atoms with van der Waals surface area (Å²) in [6.07, 6.45) is 6.67. The Hall–Kier alpha value is -3.14. The van der Waals surface area contributed by atoms with E-state index in [2.05, 4.69) is 104 Å². The van der Waals surface area contributed by atoms with E-state index in [1.807, 2.05) is 12.1 Å². The van der Waals surface area contributed by atoms with Crippen LogP contribution in [0.25, 0.3) is 21.9 Å². The maximum absolute atomic E-state index is 6.34. The van der Waals surface area contributed by atoms with Crippen molar-refractivity contribution in [2.24, 2.45) is 7.05 Å². The van der Waals surface area contributed by atoms with Gasteiger partial charge in [0.1, 0.15) is 11.7 Å². The molecule has 0 bridgehead atoms. The van der Waals surface area contributed by atoms with Gasteiger partial charge in [0.2, 0.25) is 0 Å². The van der Waals surface area contributed by atoms with E-state index in [1.54, 1.807) is 0 Å². The molecule has 0 radical (unpaired) electrons. The number of hydrogen-bond acceptors (Lipinski definition) is 3. The molecule has 4 heteroatoms. The van der Waals surface area contributed by atoms with Crippen molar-refractivity contribution in [3.63, 3.8) is 0 Å². The van der Waals surface area contributed by atoms with Crippen molar-refractivity contribution in [3.05, 3.63) is 78.4 Å². The molecular formula is C25H27N3O. The van der Waals surface area contributed by atoms with Crippen molar-refractivity contribution in [2.45, 2.75) is 39.4 Å². The van der Waals surface area contributed by atoms with Gasteiger partial charge in [-0.2, -0.15) is 0 Å². The zero-order valence-electron chi connectivity index (χ0n) is 17.7. The quantitative estimate of drug-likeness (QED) is 0.425. The molecule has 3 heterocycles. The summed E-state index contributed by atoms with van der Waals surface area (Å²) in [6.45, 7) is 8.97. The highest BCUT2D eigenvalue weighted by molar-refractivity contribution is 6.09. The standard InChI is InChI=1S/C25H27N3O/c1-17-12-13-20-19-9-6-7-10-21(19)29-24(20)23(17)27-15-16-28(18(27)2)25(3,4)22-11-8-14-26(22)5/h6-16,18H,1-5H3/t18-/m1/s1. The van der Waals surface area contributed by atoms with Gasteiger partial charge in [-0.05, 0) is 51.5 Å². The maximum Gasteiger partial charge on any atom is 0.159 e. The maximum atomic E-state index is 6.34. The van der Waals surface area contributed by atoms with Crippen molar-refractivity contribution in [3.8, 4) is 0 Å². The predicted octanol–water partition coefficient (Wildman–Crippen LogP) is 6.11. The first kappa shape index (κ1) is 17.9. The first-order chi connectivity index (χ1) is 13.9. The molecule has 0 spiro atoms. The Morgan fingerprint density at radius 3 is 2.48 bits per heavy atom. The van der Waals surface area contributed by atoms with E-state index < -0.39 is 0 Å². The van der Waals surface area contributed by atoms with Crippen LogP contribution in [0.4, 0.5) is 5.69 Å². The third-order valence-electron chi connectivity index (χ3n) is 6.39. The smallest absolute Gasteiger partial charge is 0.159 e. The number of aryl methyl sites for hydroxylation is 2. The zero-order valence-corrected chi connectivity index (χ0v) is 17.7. The van der Waals surface area contributed by atoms with Gasteiger partial charge in [0.15, 0.2) is 5.58 Å². The highest BCUT2D eigenvalue weighted by atomic mass is 16.3. The second-order valence-corrected chi connectivity index (χ2v) is 8.51. The van der Waals surface area contributed by atoms with Gasteiger partial charge in [0.05, 0.1) is 11.2 Å². The van der Waals surface area contributed by atoms with Gasteiger partial charge >= 0.3 is 0 Å². The zero-order chi connectivity index (χ0) is 20.3. The molecule has 4 nitrogen and oxygen atoms in total. The van der Waals surface area contributed by atoms with E-state index in [9.17, 15) is 0 Å². The minimum Gasteiger partial charge on any atom is -0.454 e. The molecule has 148 valence electrons. The van der Waals surface area contributed by atoms with Gasteiger partial charge in [-0.1, -0.05) is 30.3 Å². The normalized spacial score (nSPS) is 17.2. The molecule has 0 amide bonds. The average Bonchev–Trinajstić information content (AvgIpc) is 3.39. The topological polar surface area (TPSA) is 24.6 Å². The van der Waals surface area contributed by atoms with Gasteiger partial charge in [0.25, 0.3) is 0 Å². The van der Waals surface area contributed by atoms with Crippen LogP contribution in [0, 0.1) is 6.92 Å². The van der Waals surface area contributed by atoms with E-state index >= 15 is 0 Å². The predicted molar refractivity (Wildman–Crippen MR) is 120 cm³/mol. The Kier molecular flexibility index (Phi) is 3.82. The summed E-state index contributed by atoms with van der Waals surface area (Å²) in [6, 6.07) is 17.0. The monoisotopic (exact) mass is 385 g/mol. The van der Waals surface area contributed by atoms with E-state index in [0.29, 0.717) is 0 Å². The summed E-state index contributed by atoms with van der Waals surface area (Å²) in [5, 5.41) is 2.34. The molecule has 1 atom stereocenters. The molecule has 1 aliphatic heterocycles. The second-order valence-electron chi connectivity index (χ2n) is 8.51. The van der Waals surface area contributed by atoms with Gasteiger partial charge in [-0.15, -0.1) is 0 Å². The molecule has 5 rings (SSSR count). The first-order valence-corrected chi connectivity index (χ1v) is 10.2. The molecule has 2 aromatic carbocycles. The number of hydrogen-bond donors (Lipinski definition) is 0. The summed E-state index contributed by atoms with van der Waals surface area (Å²) in [5.74, 6) is 0. The number of para-hydroxylation sites is 1. The van der Waals surface area contributed by atoms with Gasteiger partial charge in [0, 0.05) is 42.1 Å². The van der Waals surface area contributed by atoms with Crippen molar-refractivity contribution in [1.82, 2.24) is 9.47 Å². The Bertz CT molecular complexity index is 1240. The molecule has 0 unspecified atom stereocenters. The highest BCUT2D eigenvalue weighted by Gasteiger charge is 2.38. The third-order valence-corrected chi connectivity index (χ3v) is 6.39. The number of furan rings is 1. The van der Waals surface area contributed by atoms with E-state index in [1.165, 1.54) is 22.0 Å². The molecule has 29 heavy (non-hydrogen) atoms. The SMILES string of the molecule is Cc1ccc2c(oc3ccccc32)c1N1C=CN(C(C)(C)c2cccn2C)[C@@H]1C. The third kappa shape index (κ3) is 2.52. The molecule has 0 aliphatic carbocycles. The Morgan fingerprint density at radius 1 is 0.931 bits per heavy atom. The van der Waals surface area contributed by atoms with Crippen LogP contribution in [0.5, 0.6) is 0 Å². The van der Waals surface area contributed by atoms with Crippen LogP contribution in [0.3, 0.4) is 0 Å². The van der Waals surface area contributed by atoms with Crippen molar-refractivity contribution >= 4 is 27.6 Å². The summed E-state index contributed by atoms with van der Waals surface area (Å²) in [7, 11) is 2.11. The van der Waals surface area contributed by atoms with Crippen LogP contribution in [-0.2, 0) is 12.6 Å². The molecule has 0 saturated heterocycles. The molecule has 4 aromatic rings. The summed E-state index contributed by atoms with van der Waals surface area (Å²) in [4.78, 5) is 4.76. The fourth-order valence-corrected chi connectivity index (χ4v) is 4.86. The lowest BCUT2D eigenvalue weighted by Gasteiger charge is -2.42. The Morgan fingerprint density at radius 2 is 1.72 bits per heavy atom. The minimum absolute atomic E-state index is 0.140. The molecular weight excluding hydrogens is 358 g/mol. The average molecular weight is 386 g/mol. The van der Waals surface area contributed by atoms with Crippen molar-refractivity contribution in [1.29, 1.82) is 0 Å². The van der Waals surface area contributed by atoms with Crippen LogP contribution < -0.4 is 4.90 Å². The Balaban J connectivity index is 1.61. The van der Waals surface area contributed by atoms with Crippen LogP contribution in [0.1, 0.15) is 32.0 Å². The number of fused-ring (bicyclic) bond motifs is 3. The number of nitrogens with zero attached hydrogens (tertiary/aromatic N) is 3. The van der Waals surface area contributed by atoms with Crippen molar-refractivity contribution in [2.75, 3.05) is 4.90 Å². The Labute approximate surface area is 171 Å². The number of aromatic nitrogens is 1. The van der Waals surface area contributed by atoms with Gasteiger partial charge < -0.3 is 18.8 Å². The summed E-state index contributed by atoms with van der Waals surface area (Å²) < 4.78 is 8.54. The van der Waals surface area contributed by atoms with E-state index in [4.69, 9.17) is 4.42 Å². The van der Waals surface area contributed by atoms with Gasteiger partial charge in [-0.3, -0.25) is 0 Å². The van der Waals surface area contributed by atoms with Crippen LogP contribution in [-0.4, -0.2) is 15.6 Å². The fraction of sp³-hybridized carbons (Fsp3) is 0.280. The molecule has 0 fully saturated rings. The van der Waals surface area contributed by atoms with Gasteiger partial charge in [-0.25, -0.2) is 0 Å². The largest absolute Gasteiger partial charge is 0.454 e. The lowest BCUT2D eigenvalue weighted by atomic mass is 9.98. The molecule has 2 aromatic heterocycles. The fourth-order valence-electron chi connectivity index (χ4n) is 4.86. The van der Waals surface area contributed by atoms with Crippen LogP contribution >= 0.6 is 0 Å². The first-order valence-electron chi connectivity index (χ1n) is 10.2. The van der Waals surface area contributed by atoms with E-state index in [0.717, 1.165) is 16.9 Å².